The minimum absolute atomic E-state index is 0.185. The van der Waals surface area contributed by atoms with E-state index in [2.05, 4.69) is 9.80 Å². The third-order valence-corrected chi connectivity index (χ3v) is 3.63. The first-order valence-corrected chi connectivity index (χ1v) is 6.83. The van der Waals surface area contributed by atoms with Crippen molar-refractivity contribution in [2.45, 2.75) is 6.10 Å². The molecule has 0 amide bonds. The lowest BCUT2D eigenvalue weighted by Gasteiger charge is -2.36. The van der Waals surface area contributed by atoms with Gasteiger partial charge in [0.1, 0.15) is 5.75 Å². The topological polar surface area (TPSA) is 82.2 Å². The quantitative estimate of drug-likeness (QED) is 0.646. The van der Waals surface area contributed by atoms with Crippen LogP contribution in [0, 0.1) is 0 Å². The van der Waals surface area contributed by atoms with Crippen molar-refractivity contribution in [3.63, 3.8) is 0 Å². The molecule has 0 radical (unpaired) electrons. The lowest BCUT2D eigenvalue weighted by molar-refractivity contribution is 0.0575. The Morgan fingerprint density at radius 2 is 2.00 bits per heavy atom. The Balaban J connectivity index is 1.93. The highest BCUT2D eigenvalue weighted by molar-refractivity contribution is 5.62. The van der Waals surface area contributed by atoms with Gasteiger partial charge in [-0.3, -0.25) is 4.90 Å². The van der Waals surface area contributed by atoms with Gasteiger partial charge in [-0.25, -0.2) is 0 Å². The second-order valence-electron chi connectivity index (χ2n) is 5.05. The molecule has 0 spiro atoms. The summed E-state index contributed by atoms with van der Waals surface area (Å²) in [5.41, 5.74) is 7.55. The van der Waals surface area contributed by atoms with Gasteiger partial charge >= 0.3 is 0 Å². The maximum atomic E-state index is 9.46. The highest BCUT2D eigenvalue weighted by Gasteiger charge is 2.19. The van der Waals surface area contributed by atoms with Gasteiger partial charge in [0.25, 0.3) is 0 Å². The van der Waals surface area contributed by atoms with Gasteiger partial charge in [-0.1, -0.05) is 0 Å². The van der Waals surface area contributed by atoms with E-state index in [4.69, 9.17) is 15.6 Å². The second kappa shape index (κ2) is 6.78. The molecule has 4 N–H and O–H groups in total. The van der Waals surface area contributed by atoms with Gasteiger partial charge in [0.05, 0.1) is 25.5 Å². The number of hydrogen-bond acceptors (Lipinski definition) is 6. The molecule has 2 rings (SSSR count). The van der Waals surface area contributed by atoms with Crippen LogP contribution in [0.15, 0.2) is 18.2 Å². The van der Waals surface area contributed by atoms with Gasteiger partial charge in [-0.15, -0.1) is 0 Å². The zero-order valence-corrected chi connectivity index (χ0v) is 11.8. The third kappa shape index (κ3) is 3.53. The average Bonchev–Trinajstić information content (AvgIpc) is 2.48. The predicted molar refractivity (Wildman–Crippen MR) is 79.2 cm³/mol. The molecule has 0 unspecified atom stereocenters. The number of anilines is 2. The van der Waals surface area contributed by atoms with Gasteiger partial charge in [-0.05, 0) is 12.1 Å². The van der Waals surface area contributed by atoms with Gasteiger partial charge < -0.3 is 25.6 Å². The van der Waals surface area contributed by atoms with Crippen LogP contribution in [0.2, 0.25) is 0 Å². The van der Waals surface area contributed by atoms with E-state index >= 15 is 0 Å². The smallest absolute Gasteiger partial charge is 0.143 e. The van der Waals surface area contributed by atoms with Crippen molar-refractivity contribution in [2.24, 2.45) is 0 Å². The summed E-state index contributed by atoms with van der Waals surface area (Å²) < 4.78 is 5.24. The molecule has 0 aliphatic carbocycles. The van der Waals surface area contributed by atoms with Crippen molar-refractivity contribution in [1.82, 2.24) is 4.90 Å². The fourth-order valence-corrected chi connectivity index (χ4v) is 2.44. The molecule has 1 aromatic carbocycles. The summed E-state index contributed by atoms with van der Waals surface area (Å²) >= 11 is 0. The van der Waals surface area contributed by atoms with E-state index in [1.165, 1.54) is 0 Å². The molecule has 0 bridgehead atoms. The van der Waals surface area contributed by atoms with Crippen LogP contribution in [-0.4, -0.2) is 67.7 Å². The van der Waals surface area contributed by atoms with Gasteiger partial charge in [0.2, 0.25) is 0 Å². The molecule has 1 atom stereocenters. The van der Waals surface area contributed by atoms with Crippen LogP contribution in [-0.2, 0) is 0 Å². The number of ether oxygens (including phenoxy) is 1. The Labute approximate surface area is 119 Å². The molecule has 0 aromatic heterocycles. The van der Waals surface area contributed by atoms with E-state index in [1.807, 2.05) is 18.2 Å². The normalized spacial score (nSPS) is 18.1. The van der Waals surface area contributed by atoms with Crippen molar-refractivity contribution >= 4 is 11.4 Å². The Morgan fingerprint density at radius 1 is 1.30 bits per heavy atom. The molecule has 0 saturated carbocycles. The minimum Gasteiger partial charge on any atom is -0.495 e. The largest absolute Gasteiger partial charge is 0.495 e. The third-order valence-electron chi connectivity index (χ3n) is 3.63. The summed E-state index contributed by atoms with van der Waals surface area (Å²) in [5, 5.41) is 18.3. The number of rotatable bonds is 5. The van der Waals surface area contributed by atoms with Gasteiger partial charge in [0, 0.05) is 44.5 Å². The van der Waals surface area contributed by atoms with Gasteiger partial charge in [0.15, 0.2) is 0 Å². The Hall–Kier alpha value is -1.50. The van der Waals surface area contributed by atoms with Gasteiger partial charge in [-0.2, -0.15) is 0 Å². The van der Waals surface area contributed by atoms with Crippen molar-refractivity contribution in [1.29, 1.82) is 0 Å². The standard InChI is InChI=1S/C14H23N3O3/c1-20-14-8-11(2-3-13(14)15)17-6-4-16(5-7-17)9-12(19)10-18/h2-3,8,12,18-19H,4-7,9-10,15H2,1H3/t12-/m1/s1. The molecule has 1 aliphatic rings. The molecule has 1 fully saturated rings. The summed E-state index contributed by atoms with van der Waals surface area (Å²) in [5.74, 6) is 0.695. The first kappa shape index (κ1) is 14.9. The van der Waals surface area contributed by atoms with Crippen LogP contribution in [0.25, 0.3) is 0 Å². The first-order valence-electron chi connectivity index (χ1n) is 6.83. The molecule has 6 nitrogen and oxygen atoms in total. The Morgan fingerprint density at radius 3 is 2.60 bits per heavy atom. The molecule has 1 saturated heterocycles. The zero-order valence-electron chi connectivity index (χ0n) is 11.8. The number of piperazine rings is 1. The van der Waals surface area contributed by atoms with Crippen LogP contribution in [0.3, 0.4) is 0 Å². The summed E-state index contributed by atoms with van der Waals surface area (Å²) in [7, 11) is 1.61. The molecule has 1 heterocycles. The Kier molecular flexibility index (Phi) is 5.05. The number of aliphatic hydroxyl groups excluding tert-OH is 2. The van der Waals surface area contributed by atoms with Crippen molar-refractivity contribution < 1.29 is 14.9 Å². The maximum Gasteiger partial charge on any atom is 0.143 e. The number of nitrogen functional groups attached to an aromatic ring is 1. The highest BCUT2D eigenvalue weighted by atomic mass is 16.5. The molecule has 112 valence electrons. The van der Waals surface area contributed by atoms with E-state index < -0.39 is 6.10 Å². The van der Waals surface area contributed by atoms with E-state index in [-0.39, 0.29) is 6.61 Å². The number of nitrogens with zero attached hydrogens (tertiary/aromatic N) is 2. The first-order chi connectivity index (χ1) is 9.63. The average molecular weight is 281 g/mol. The number of nitrogens with two attached hydrogens (primary N) is 1. The molecule has 1 aromatic rings. The molecule has 20 heavy (non-hydrogen) atoms. The number of hydrogen-bond donors (Lipinski definition) is 3. The Bertz CT molecular complexity index is 434. The zero-order chi connectivity index (χ0) is 14.5. The molecular formula is C14H23N3O3. The molecular weight excluding hydrogens is 258 g/mol. The summed E-state index contributed by atoms with van der Waals surface area (Å²) in [6, 6.07) is 5.81. The number of methoxy groups -OCH3 is 1. The maximum absolute atomic E-state index is 9.46. The van der Waals surface area contributed by atoms with Crippen LogP contribution in [0.1, 0.15) is 0 Å². The van der Waals surface area contributed by atoms with E-state index in [0.29, 0.717) is 18.0 Å². The van der Waals surface area contributed by atoms with Crippen LogP contribution in [0.4, 0.5) is 11.4 Å². The number of β-amino-alcohol motifs (C(OH)–C–C–N with tert-alkyl or cyclic N) is 1. The summed E-state index contributed by atoms with van der Waals surface area (Å²) in [6.45, 7) is 3.83. The predicted octanol–water partition coefficient (Wildman–Crippen LogP) is -0.247. The van der Waals surface area contributed by atoms with Crippen molar-refractivity contribution in [2.75, 3.05) is 57.1 Å². The fourth-order valence-electron chi connectivity index (χ4n) is 2.44. The van der Waals surface area contributed by atoms with Crippen molar-refractivity contribution in [3.05, 3.63) is 18.2 Å². The summed E-state index contributed by atoms with van der Waals surface area (Å²) in [6.07, 6.45) is -0.654. The molecule has 1 aliphatic heterocycles. The highest BCUT2D eigenvalue weighted by Crippen LogP contribution is 2.27. The van der Waals surface area contributed by atoms with Crippen molar-refractivity contribution in [3.8, 4) is 5.75 Å². The second-order valence-corrected chi connectivity index (χ2v) is 5.05. The summed E-state index contributed by atoms with van der Waals surface area (Å²) in [4.78, 5) is 4.43. The van der Waals surface area contributed by atoms with Crippen LogP contribution in [0.5, 0.6) is 5.75 Å². The lowest BCUT2D eigenvalue weighted by Crippen LogP contribution is -2.49. The minimum atomic E-state index is -0.654. The SMILES string of the molecule is COc1cc(N2CCN(C[C@@H](O)CO)CC2)ccc1N. The van der Waals surface area contributed by atoms with E-state index in [9.17, 15) is 5.11 Å². The van der Waals surface area contributed by atoms with Crippen LogP contribution < -0.4 is 15.4 Å². The van der Waals surface area contributed by atoms with E-state index in [1.54, 1.807) is 7.11 Å². The number of benzene rings is 1. The fraction of sp³-hybridized carbons (Fsp3) is 0.571. The molecule has 6 heteroatoms. The van der Waals surface area contributed by atoms with E-state index in [0.717, 1.165) is 31.9 Å². The monoisotopic (exact) mass is 281 g/mol. The van der Waals surface area contributed by atoms with Crippen LogP contribution >= 0.6 is 0 Å². The lowest BCUT2D eigenvalue weighted by atomic mass is 10.2. The number of aliphatic hydroxyl groups is 2.